The highest BCUT2D eigenvalue weighted by atomic mass is 19.1. The molecule has 0 heterocycles. The third kappa shape index (κ3) is 3.34. The number of hydrogen-bond donors (Lipinski definition) is 1. The minimum Gasteiger partial charge on any atom is -0.378 e. The highest BCUT2D eigenvalue weighted by molar-refractivity contribution is 5.50. The Hall–Kier alpha value is -1.83. The van der Waals surface area contributed by atoms with Gasteiger partial charge in [0.05, 0.1) is 6.04 Å². The van der Waals surface area contributed by atoms with Crippen molar-refractivity contribution in [2.75, 3.05) is 5.32 Å². The summed E-state index contributed by atoms with van der Waals surface area (Å²) in [5.74, 6) is -0.147. The van der Waals surface area contributed by atoms with E-state index in [4.69, 9.17) is 0 Å². The molecule has 2 rings (SSSR count). The van der Waals surface area contributed by atoms with E-state index in [-0.39, 0.29) is 11.9 Å². The van der Waals surface area contributed by atoms with E-state index >= 15 is 0 Å². The van der Waals surface area contributed by atoms with Gasteiger partial charge in [0.15, 0.2) is 0 Å². The summed E-state index contributed by atoms with van der Waals surface area (Å²) < 4.78 is 13.8. The Balaban J connectivity index is 2.26. The van der Waals surface area contributed by atoms with E-state index in [0.29, 0.717) is 0 Å². The standard InChI is InChI=1S/C17H20FN/c1-4-17(15-7-5-6-8-16(15)18)19-14-10-12(2)9-13(3)11-14/h5-11,17,19H,4H2,1-3H3. The van der Waals surface area contributed by atoms with Crippen molar-refractivity contribution >= 4 is 5.69 Å². The SMILES string of the molecule is CCC(Nc1cc(C)cc(C)c1)c1ccccc1F. The molecule has 100 valence electrons. The Morgan fingerprint density at radius 3 is 2.26 bits per heavy atom. The molecule has 0 fully saturated rings. The van der Waals surface area contributed by atoms with Crippen molar-refractivity contribution in [3.8, 4) is 0 Å². The number of nitrogens with one attached hydrogen (secondary N) is 1. The molecule has 0 aliphatic heterocycles. The molecule has 1 unspecified atom stereocenters. The lowest BCUT2D eigenvalue weighted by molar-refractivity contribution is 0.587. The van der Waals surface area contributed by atoms with E-state index in [0.717, 1.165) is 17.7 Å². The predicted molar refractivity (Wildman–Crippen MR) is 79.0 cm³/mol. The molecule has 2 aromatic rings. The number of aryl methyl sites for hydroxylation is 2. The number of halogens is 1. The molecule has 0 radical (unpaired) electrons. The van der Waals surface area contributed by atoms with Crippen LogP contribution in [0.4, 0.5) is 10.1 Å². The van der Waals surface area contributed by atoms with Crippen molar-refractivity contribution in [1.82, 2.24) is 0 Å². The van der Waals surface area contributed by atoms with E-state index in [2.05, 4.69) is 44.3 Å². The van der Waals surface area contributed by atoms with Crippen LogP contribution in [0, 0.1) is 19.7 Å². The zero-order valence-electron chi connectivity index (χ0n) is 11.7. The van der Waals surface area contributed by atoms with Crippen LogP contribution in [0.5, 0.6) is 0 Å². The van der Waals surface area contributed by atoms with Crippen molar-refractivity contribution in [1.29, 1.82) is 0 Å². The van der Waals surface area contributed by atoms with Crippen LogP contribution in [-0.4, -0.2) is 0 Å². The average Bonchev–Trinajstić information content (AvgIpc) is 2.36. The van der Waals surface area contributed by atoms with Gasteiger partial charge in [-0.3, -0.25) is 0 Å². The molecule has 2 aromatic carbocycles. The van der Waals surface area contributed by atoms with Crippen molar-refractivity contribution in [3.63, 3.8) is 0 Å². The lowest BCUT2D eigenvalue weighted by Crippen LogP contribution is -2.11. The molecule has 0 aromatic heterocycles. The van der Waals surface area contributed by atoms with Gasteiger partial charge in [-0.25, -0.2) is 4.39 Å². The summed E-state index contributed by atoms with van der Waals surface area (Å²) in [7, 11) is 0. The molecule has 2 heteroatoms. The number of rotatable bonds is 4. The zero-order chi connectivity index (χ0) is 13.8. The molecule has 1 atom stereocenters. The summed E-state index contributed by atoms with van der Waals surface area (Å²) in [5.41, 5.74) is 4.20. The highest BCUT2D eigenvalue weighted by Gasteiger charge is 2.13. The average molecular weight is 257 g/mol. The lowest BCUT2D eigenvalue weighted by Gasteiger charge is -2.20. The van der Waals surface area contributed by atoms with E-state index in [1.54, 1.807) is 6.07 Å². The smallest absolute Gasteiger partial charge is 0.128 e. The predicted octanol–water partition coefficient (Wildman–Crippen LogP) is 5.01. The largest absolute Gasteiger partial charge is 0.378 e. The van der Waals surface area contributed by atoms with Gasteiger partial charge in [-0.2, -0.15) is 0 Å². The van der Waals surface area contributed by atoms with Crippen LogP contribution in [0.25, 0.3) is 0 Å². The fourth-order valence-electron chi connectivity index (χ4n) is 2.42. The summed E-state index contributed by atoms with van der Waals surface area (Å²) in [5, 5.41) is 3.43. The van der Waals surface area contributed by atoms with Crippen molar-refractivity contribution in [3.05, 3.63) is 65.0 Å². The molecule has 1 N–H and O–H groups in total. The summed E-state index contributed by atoms with van der Waals surface area (Å²) in [6.45, 7) is 6.21. The van der Waals surface area contributed by atoms with Gasteiger partial charge in [-0.05, 0) is 49.6 Å². The van der Waals surface area contributed by atoms with E-state index < -0.39 is 0 Å². The van der Waals surface area contributed by atoms with Gasteiger partial charge in [-0.15, -0.1) is 0 Å². The van der Waals surface area contributed by atoms with Crippen LogP contribution in [0.1, 0.15) is 36.1 Å². The van der Waals surface area contributed by atoms with Gasteiger partial charge < -0.3 is 5.32 Å². The van der Waals surface area contributed by atoms with Gasteiger partial charge in [0.1, 0.15) is 5.82 Å². The summed E-state index contributed by atoms with van der Waals surface area (Å²) in [6.07, 6.45) is 0.841. The molecular formula is C17H20FN. The van der Waals surface area contributed by atoms with Crippen LogP contribution in [0.3, 0.4) is 0 Å². The fraction of sp³-hybridized carbons (Fsp3) is 0.294. The van der Waals surface area contributed by atoms with Gasteiger partial charge >= 0.3 is 0 Å². The van der Waals surface area contributed by atoms with Crippen molar-refractivity contribution in [2.45, 2.75) is 33.2 Å². The molecule has 1 nitrogen and oxygen atoms in total. The highest BCUT2D eigenvalue weighted by Crippen LogP contribution is 2.25. The summed E-state index contributed by atoms with van der Waals surface area (Å²) in [4.78, 5) is 0. The van der Waals surface area contributed by atoms with Crippen LogP contribution in [0.2, 0.25) is 0 Å². The number of anilines is 1. The number of benzene rings is 2. The first-order valence-electron chi connectivity index (χ1n) is 6.69. The monoisotopic (exact) mass is 257 g/mol. The first-order valence-corrected chi connectivity index (χ1v) is 6.69. The van der Waals surface area contributed by atoms with Gasteiger partial charge in [0.2, 0.25) is 0 Å². The Labute approximate surface area is 114 Å². The summed E-state index contributed by atoms with van der Waals surface area (Å²) in [6, 6.07) is 13.3. The van der Waals surface area contributed by atoms with Crippen LogP contribution < -0.4 is 5.32 Å². The first kappa shape index (κ1) is 13.6. The Morgan fingerprint density at radius 2 is 1.68 bits per heavy atom. The third-order valence-corrected chi connectivity index (χ3v) is 3.25. The van der Waals surface area contributed by atoms with Crippen LogP contribution in [0.15, 0.2) is 42.5 Å². The molecule has 19 heavy (non-hydrogen) atoms. The van der Waals surface area contributed by atoms with E-state index in [9.17, 15) is 4.39 Å². The summed E-state index contributed by atoms with van der Waals surface area (Å²) >= 11 is 0. The normalized spacial score (nSPS) is 12.2. The fourth-order valence-corrected chi connectivity index (χ4v) is 2.42. The van der Waals surface area contributed by atoms with Gasteiger partial charge in [-0.1, -0.05) is 31.2 Å². The Morgan fingerprint density at radius 1 is 1.05 bits per heavy atom. The minimum absolute atomic E-state index is 0.00222. The van der Waals surface area contributed by atoms with Gasteiger partial charge in [0, 0.05) is 11.3 Å². The maximum absolute atomic E-state index is 13.8. The number of hydrogen-bond acceptors (Lipinski definition) is 1. The quantitative estimate of drug-likeness (QED) is 0.812. The van der Waals surface area contributed by atoms with Crippen LogP contribution >= 0.6 is 0 Å². The second-order valence-corrected chi connectivity index (χ2v) is 5.00. The molecule has 0 aliphatic carbocycles. The second-order valence-electron chi connectivity index (χ2n) is 5.00. The maximum Gasteiger partial charge on any atom is 0.128 e. The van der Waals surface area contributed by atoms with Crippen molar-refractivity contribution in [2.24, 2.45) is 0 Å². The molecule has 0 aliphatic rings. The minimum atomic E-state index is -0.147. The van der Waals surface area contributed by atoms with E-state index in [1.807, 2.05) is 12.1 Å². The topological polar surface area (TPSA) is 12.0 Å². The second kappa shape index (κ2) is 5.87. The lowest BCUT2D eigenvalue weighted by atomic mass is 10.0. The molecule has 0 bridgehead atoms. The first-order chi connectivity index (χ1) is 9.10. The molecular weight excluding hydrogens is 237 g/mol. The third-order valence-electron chi connectivity index (χ3n) is 3.25. The molecule has 0 amide bonds. The Bertz CT molecular complexity index is 543. The molecule has 0 spiro atoms. The van der Waals surface area contributed by atoms with E-state index in [1.165, 1.54) is 17.2 Å². The molecule has 0 saturated heterocycles. The maximum atomic E-state index is 13.8. The zero-order valence-corrected chi connectivity index (χ0v) is 11.7. The van der Waals surface area contributed by atoms with Crippen LogP contribution in [-0.2, 0) is 0 Å². The van der Waals surface area contributed by atoms with Gasteiger partial charge in [0.25, 0.3) is 0 Å². The molecule has 0 saturated carbocycles. The van der Waals surface area contributed by atoms with Crippen molar-refractivity contribution < 1.29 is 4.39 Å². The Kier molecular flexibility index (Phi) is 4.20.